The van der Waals surface area contributed by atoms with Crippen molar-refractivity contribution in [2.24, 2.45) is 7.05 Å². The van der Waals surface area contributed by atoms with Crippen LogP contribution in [0.2, 0.25) is 0 Å². The summed E-state index contributed by atoms with van der Waals surface area (Å²) < 4.78 is 7.10. The fraction of sp³-hybridized carbons (Fsp3) is 0.364. The first-order valence-electron chi connectivity index (χ1n) is 10.7. The molecule has 0 radical (unpaired) electrons. The Balaban J connectivity index is 1.34. The van der Waals surface area contributed by atoms with Gasteiger partial charge in [0.25, 0.3) is 5.56 Å². The number of nitrogens with one attached hydrogen (secondary N) is 2. The van der Waals surface area contributed by atoms with Gasteiger partial charge in [0.05, 0.1) is 30.2 Å². The second-order valence-electron chi connectivity index (χ2n) is 8.10. The van der Waals surface area contributed by atoms with Crippen molar-refractivity contribution in [3.05, 3.63) is 58.9 Å². The predicted octanol–water partition coefficient (Wildman–Crippen LogP) is 1.36. The Morgan fingerprint density at radius 1 is 1.27 bits per heavy atom. The minimum Gasteiger partial charge on any atom is -0.380 e. The summed E-state index contributed by atoms with van der Waals surface area (Å²) in [4.78, 5) is 46.5. The number of ether oxygens (including phenoxy) is 1. The zero-order chi connectivity index (χ0) is 22.9. The first kappa shape index (κ1) is 21.0. The van der Waals surface area contributed by atoms with Gasteiger partial charge in [0, 0.05) is 57.9 Å². The number of fused-ring (bicyclic) bond motifs is 1. The van der Waals surface area contributed by atoms with E-state index < -0.39 is 0 Å². The van der Waals surface area contributed by atoms with Gasteiger partial charge in [-0.15, -0.1) is 0 Å². The molecular formula is C22H24N8O3. The average molecular weight is 448 g/mol. The van der Waals surface area contributed by atoms with E-state index in [0.717, 1.165) is 11.3 Å². The molecule has 4 aromatic heterocycles. The second-order valence-corrected chi connectivity index (χ2v) is 8.10. The molecule has 5 rings (SSSR count). The van der Waals surface area contributed by atoms with E-state index in [9.17, 15) is 9.59 Å². The van der Waals surface area contributed by atoms with Crippen molar-refractivity contribution < 1.29 is 9.53 Å². The highest BCUT2D eigenvalue weighted by atomic mass is 16.5. The second kappa shape index (κ2) is 8.58. The van der Waals surface area contributed by atoms with Crippen molar-refractivity contribution in [3.63, 3.8) is 0 Å². The summed E-state index contributed by atoms with van der Waals surface area (Å²) in [5.74, 6) is 1.12. The third-order valence-corrected chi connectivity index (χ3v) is 6.03. The van der Waals surface area contributed by atoms with Gasteiger partial charge in [0.1, 0.15) is 17.0 Å². The van der Waals surface area contributed by atoms with Gasteiger partial charge in [0.15, 0.2) is 5.65 Å². The number of methoxy groups -OCH3 is 1. The summed E-state index contributed by atoms with van der Waals surface area (Å²) in [6.07, 6.45) is 7.82. The van der Waals surface area contributed by atoms with E-state index in [1.165, 1.54) is 6.20 Å². The van der Waals surface area contributed by atoms with Gasteiger partial charge in [-0.2, -0.15) is 5.10 Å². The number of hydrogen-bond donors (Lipinski definition) is 2. The maximum Gasteiger partial charge on any atom is 0.262 e. The molecule has 0 spiro atoms. The van der Waals surface area contributed by atoms with E-state index in [4.69, 9.17) is 4.74 Å². The number of nitrogens with zero attached hydrogens (tertiary/aromatic N) is 6. The number of imidazole rings is 1. The van der Waals surface area contributed by atoms with Gasteiger partial charge >= 0.3 is 0 Å². The maximum atomic E-state index is 13.2. The summed E-state index contributed by atoms with van der Waals surface area (Å²) in [5.41, 5.74) is 2.01. The lowest BCUT2D eigenvalue weighted by molar-refractivity contribution is -0.132. The van der Waals surface area contributed by atoms with Crippen molar-refractivity contribution >= 4 is 16.9 Å². The number of aryl methyl sites for hydroxylation is 2. The summed E-state index contributed by atoms with van der Waals surface area (Å²) in [6, 6.07) is 3.59. The molecule has 0 saturated carbocycles. The smallest absolute Gasteiger partial charge is 0.262 e. The van der Waals surface area contributed by atoms with Crippen molar-refractivity contribution in [1.82, 2.24) is 39.6 Å². The molecule has 0 aliphatic carbocycles. The molecule has 11 nitrogen and oxygen atoms in total. The topological polar surface area (TPSA) is 135 Å². The molecule has 2 N–H and O–H groups in total. The molecule has 0 bridgehead atoms. The van der Waals surface area contributed by atoms with Crippen LogP contribution in [0.4, 0.5) is 0 Å². The number of aromatic nitrogens is 7. The van der Waals surface area contributed by atoms with Crippen LogP contribution >= 0.6 is 0 Å². The monoisotopic (exact) mass is 448 g/mol. The Morgan fingerprint density at radius 2 is 2.15 bits per heavy atom. The summed E-state index contributed by atoms with van der Waals surface area (Å²) >= 11 is 0. The summed E-state index contributed by atoms with van der Waals surface area (Å²) in [5, 5.41) is 4.50. The van der Waals surface area contributed by atoms with E-state index in [-0.39, 0.29) is 30.0 Å². The fourth-order valence-corrected chi connectivity index (χ4v) is 4.24. The number of carbonyl (C=O) groups is 1. The van der Waals surface area contributed by atoms with E-state index in [1.54, 1.807) is 42.3 Å². The Kier molecular flexibility index (Phi) is 5.47. The molecule has 11 heteroatoms. The number of pyridine rings is 1. The Morgan fingerprint density at radius 3 is 2.94 bits per heavy atom. The van der Waals surface area contributed by atoms with Gasteiger partial charge in [-0.25, -0.2) is 9.97 Å². The number of likely N-dealkylation sites (tertiary alicyclic amines) is 1. The highest BCUT2D eigenvalue weighted by molar-refractivity contribution is 5.77. The van der Waals surface area contributed by atoms with E-state index in [0.29, 0.717) is 42.1 Å². The van der Waals surface area contributed by atoms with Crippen molar-refractivity contribution in [2.45, 2.75) is 31.4 Å². The standard InChI is InChI=1S/C22H24N8O3/c1-29-21-15(10-25-29)22(32)28-18(27-21)5-6-19(31)30-12-14(33-2)8-17(30)20-24-11-16(26-20)13-4-3-7-23-9-13/h3-4,7,9-11,14,17H,5-6,8,12H2,1-2H3,(H,24,26)(H,27,28,32). The lowest BCUT2D eigenvalue weighted by Crippen LogP contribution is -2.32. The molecule has 1 aliphatic rings. The number of H-pyrrole nitrogens is 2. The molecule has 33 heavy (non-hydrogen) atoms. The summed E-state index contributed by atoms with van der Waals surface area (Å²) in [7, 11) is 3.38. The SMILES string of the molecule is COC1CC(c2ncc(-c3cccnc3)[nH]2)N(C(=O)CCc2nc3c(cnn3C)c(=O)[nH]2)C1. The first-order valence-corrected chi connectivity index (χ1v) is 10.7. The minimum absolute atomic E-state index is 0.0494. The predicted molar refractivity (Wildman–Crippen MR) is 119 cm³/mol. The largest absolute Gasteiger partial charge is 0.380 e. The zero-order valence-electron chi connectivity index (χ0n) is 18.4. The number of hydrogen-bond acceptors (Lipinski definition) is 7. The summed E-state index contributed by atoms with van der Waals surface area (Å²) in [6.45, 7) is 0.480. The molecule has 5 heterocycles. The normalized spacial score (nSPS) is 18.3. The lowest BCUT2D eigenvalue weighted by atomic mass is 10.1. The lowest BCUT2D eigenvalue weighted by Gasteiger charge is -2.23. The van der Waals surface area contributed by atoms with Gasteiger partial charge in [-0.1, -0.05) is 0 Å². The molecule has 170 valence electrons. The number of amides is 1. The van der Waals surface area contributed by atoms with E-state index >= 15 is 0 Å². The van der Waals surface area contributed by atoms with Gasteiger partial charge in [-0.3, -0.25) is 19.3 Å². The number of aromatic amines is 2. The van der Waals surface area contributed by atoms with Crippen molar-refractivity contribution in [1.29, 1.82) is 0 Å². The fourth-order valence-electron chi connectivity index (χ4n) is 4.24. The molecule has 2 atom stereocenters. The molecule has 2 unspecified atom stereocenters. The van der Waals surface area contributed by atoms with Crippen LogP contribution in [-0.2, 0) is 23.0 Å². The highest BCUT2D eigenvalue weighted by Crippen LogP contribution is 2.33. The maximum absolute atomic E-state index is 13.2. The van der Waals surface area contributed by atoms with Crippen LogP contribution < -0.4 is 5.56 Å². The highest BCUT2D eigenvalue weighted by Gasteiger charge is 2.37. The van der Waals surface area contributed by atoms with Crippen LogP contribution in [0.15, 0.2) is 41.7 Å². The molecule has 0 aromatic carbocycles. The Hall–Kier alpha value is -3.86. The van der Waals surface area contributed by atoms with Gasteiger partial charge in [0.2, 0.25) is 5.91 Å². The van der Waals surface area contributed by atoms with Crippen LogP contribution in [0.25, 0.3) is 22.3 Å². The Labute approximate surface area is 188 Å². The molecular weight excluding hydrogens is 424 g/mol. The molecule has 1 amide bonds. The average Bonchev–Trinajstić information content (AvgIpc) is 3.57. The zero-order valence-corrected chi connectivity index (χ0v) is 18.4. The van der Waals surface area contributed by atoms with E-state index in [1.807, 2.05) is 12.1 Å². The quantitative estimate of drug-likeness (QED) is 0.455. The minimum atomic E-state index is -0.257. The third-order valence-electron chi connectivity index (χ3n) is 6.03. The third kappa shape index (κ3) is 4.02. The molecule has 4 aromatic rings. The Bertz CT molecular complexity index is 1340. The van der Waals surface area contributed by atoms with Crippen LogP contribution in [-0.4, -0.2) is 65.3 Å². The van der Waals surface area contributed by atoms with Crippen molar-refractivity contribution in [3.8, 4) is 11.3 Å². The van der Waals surface area contributed by atoms with Crippen LogP contribution in [0.3, 0.4) is 0 Å². The first-order chi connectivity index (χ1) is 16.0. The van der Waals surface area contributed by atoms with E-state index in [2.05, 4.69) is 30.0 Å². The molecule has 1 aliphatic heterocycles. The van der Waals surface area contributed by atoms with Gasteiger partial charge < -0.3 is 19.6 Å². The molecule has 1 saturated heterocycles. The van der Waals surface area contributed by atoms with Crippen LogP contribution in [0.1, 0.15) is 30.5 Å². The molecule has 1 fully saturated rings. The van der Waals surface area contributed by atoms with Crippen LogP contribution in [0, 0.1) is 0 Å². The number of rotatable bonds is 6. The van der Waals surface area contributed by atoms with Crippen molar-refractivity contribution in [2.75, 3.05) is 13.7 Å². The van der Waals surface area contributed by atoms with Gasteiger partial charge in [-0.05, 0) is 12.1 Å². The van der Waals surface area contributed by atoms with Crippen LogP contribution in [0.5, 0.6) is 0 Å². The number of carbonyl (C=O) groups excluding carboxylic acids is 1.